The van der Waals surface area contributed by atoms with Gasteiger partial charge in [0.25, 0.3) is 0 Å². The second kappa shape index (κ2) is 10.9. The first-order valence-corrected chi connectivity index (χ1v) is 11.3. The molecule has 5 nitrogen and oxygen atoms in total. The van der Waals surface area contributed by atoms with Crippen molar-refractivity contribution in [1.82, 2.24) is 10.2 Å². The van der Waals surface area contributed by atoms with E-state index in [2.05, 4.69) is 5.32 Å². The Balaban J connectivity index is 1.79. The van der Waals surface area contributed by atoms with Gasteiger partial charge in [-0.2, -0.15) is 0 Å². The van der Waals surface area contributed by atoms with Gasteiger partial charge in [0, 0.05) is 22.6 Å². The molecule has 1 aliphatic rings. The minimum atomic E-state index is -0.627. The van der Waals surface area contributed by atoms with Crippen LogP contribution in [0.4, 0.5) is 0 Å². The number of carbonyl (C=O) groups excluding carboxylic acids is 2. The number of benzene rings is 2. The van der Waals surface area contributed by atoms with E-state index in [0.717, 1.165) is 42.6 Å². The molecule has 1 N–H and O–H groups in total. The average molecular weight is 463 g/mol. The monoisotopic (exact) mass is 462 g/mol. The maximum absolute atomic E-state index is 13.3. The Kier molecular flexibility index (Phi) is 8.22. The first-order valence-electron chi connectivity index (χ1n) is 10.5. The molecular weight excluding hydrogens is 435 g/mol. The molecule has 1 aliphatic carbocycles. The summed E-state index contributed by atoms with van der Waals surface area (Å²) in [5.74, 6) is 0.440. The fraction of sp³-hybridized carbons (Fsp3) is 0.417. The van der Waals surface area contributed by atoms with E-state index in [0.29, 0.717) is 10.0 Å². The molecule has 2 amide bonds. The number of halogens is 2. The van der Waals surface area contributed by atoms with E-state index in [1.54, 1.807) is 37.1 Å². The highest BCUT2D eigenvalue weighted by atomic mass is 35.5. The third kappa shape index (κ3) is 6.37. The molecular formula is C24H28Cl2N2O3. The summed E-state index contributed by atoms with van der Waals surface area (Å²) in [6.45, 7) is 1.99. The Morgan fingerprint density at radius 1 is 1.13 bits per heavy atom. The number of amides is 2. The standard InChI is InChI=1S/C24H28Cl2N2O3/c1-16(24(30)27-20-5-3-4-6-20)28(15-18-9-10-19(25)14-22(18)26)23(29)13-17-7-11-21(31-2)12-8-17/h7-12,14,16,20H,3-6,13,15H2,1-2H3,(H,27,30). The summed E-state index contributed by atoms with van der Waals surface area (Å²) in [4.78, 5) is 27.8. The fourth-order valence-corrected chi connectivity index (χ4v) is 4.30. The first kappa shape index (κ1) is 23.4. The number of nitrogens with zero attached hydrogens (tertiary/aromatic N) is 1. The number of methoxy groups -OCH3 is 1. The highest BCUT2D eigenvalue weighted by molar-refractivity contribution is 6.35. The van der Waals surface area contributed by atoms with E-state index in [9.17, 15) is 9.59 Å². The summed E-state index contributed by atoms with van der Waals surface area (Å²) in [6, 6.07) is 12.1. The molecule has 166 valence electrons. The summed E-state index contributed by atoms with van der Waals surface area (Å²) in [6.07, 6.45) is 4.40. The number of ether oxygens (including phenoxy) is 1. The van der Waals surface area contributed by atoms with Gasteiger partial charge in [-0.15, -0.1) is 0 Å². The van der Waals surface area contributed by atoms with Crippen molar-refractivity contribution in [2.45, 2.75) is 57.7 Å². The van der Waals surface area contributed by atoms with E-state index in [-0.39, 0.29) is 30.8 Å². The van der Waals surface area contributed by atoms with Crippen LogP contribution in [0.1, 0.15) is 43.7 Å². The van der Waals surface area contributed by atoms with Crippen LogP contribution >= 0.6 is 23.2 Å². The second-order valence-electron chi connectivity index (χ2n) is 7.95. The molecule has 2 aromatic rings. The van der Waals surface area contributed by atoms with Gasteiger partial charge in [0.05, 0.1) is 13.5 Å². The molecule has 1 unspecified atom stereocenters. The zero-order valence-corrected chi connectivity index (χ0v) is 19.4. The molecule has 7 heteroatoms. The molecule has 0 heterocycles. The Hall–Kier alpha value is -2.24. The van der Waals surface area contributed by atoms with Gasteiger partial charge in [-0.1, -0.05) is 54.2 Å². The normalized spacial score (nSPS) is 14.8. The van der Waals surface area contributed by atoms with Gasteiger partial charge in [0.15, 0.2) is 0 Å². The predicted molar refractivity (Wildman–Crippen MR) is 124 cm³/mol. The van der Waals surface area contributed by atoms with Crippen LogP contribution < -0.4 is 10.1 Å². The Bertz CT molecular complexity index is 912. The molecule has 1 saturated carbocycles. The van der Waals surface area contributed by atoms with Crippen molar-refractivity contribution in [3.05, 3.63) is 63.6 Å². The molecule has 1 atom stereocenters. The van der Waals surface area contributed by atoms with E-state index in [1.165, 1.54) is 0 Å². The molecule has 3 rings (SSSR count). The van der Waals surface area contributed by atoms with Gasteiger partial charge < -0.3 is 15.0 Å². The van der Waals surface area contributed by atoms with E-state index in [4.69, 9.17) is 27.9 Å². The third-order valence-electron chi connectivity index (χ3n) is 5.74. The molecule has 0 radical (unpaired) electrons. The van der Waals surface area contributed by atoms with Crippen LogP contribution in [-0.4, -0.2) is 35.9 Å². The SMILES string of the molecule is COc1ccc(CC(=O)N(Cc2ccc(Cl)cc2Cl)C(C)C(=O)NC2CCCC2)cc1. The second-order valence-corrected chi connectivity index (χ2v) is 8.79. The van der Waals surface area contributed by atoms with Gasteiger partial charge in [0.1, 0.15) is 11.8 Å². The lowest BCUT2D eigenvalue weighted by molar-refractivity contribution is -0.140. The summed E-state index contributed by atoms with van der Waals surface area (Å²) >= 11 is 12.4. The van der Waals surface area contributed by atoms with Gasteiger partial charge in [-0.25, -0.2) is 0 Å². The van der Waals surface area contributed by atoms with Gasteiger partial charge in [0.2, 0.25) is 11.8 Å². The average Bonchev–Trinajstić information content (AvgIpc) is 3.26. The van der Waals surface area contributed by atoms with Crippen molar-refractivity contribution >= 4 is 35.0 Å². The molecule has 0 spiro atoms. The zero-order chi connectivity index (χ0) is 22.4. The predicted octanol–water partition coefficient (Wildman–Crippen LogP) is 5.02. The highest BCUT2D eigenvalue weighted by Crippen LogP contribution is 2.24. The topological polar surface area (TPSA) is 58.6 Å². The summed E-state index contributed by atoms with van der Waals surface area (Å²) < 4.78 is 5.18. The lowest BCUT2D eigenvalue weighted by atomic mass is 10.1. The molecule has 0 aliphatic heterocycles. The lowest BCUT2D eigenvalue weighted by Gasteiger charge is -2.30. The number of rotatable bonds is 8. The van der Waals surface area contributed by atoms with Crippen molar-refractivity contribution in [3.63, 3.8) is 0 Å². The fourth-order valence-electron chi connectivity index (χ4n) is 3.83. The summed E-state index contributed by atoms with van der Waals surface area (Å²) in [7, 11) is 1.60. The van der Waals surface area contributed by atoms with Crippen molar-refractivity contribution in [3.8, 4) is 5.75 Å². The van der Waals surface area contributed by atoms with Crippen LogP contribution in [0, 0.1) is 0 Å². The van der Waals surface area contributed by atoms with Crippen LogP contribution in [0.25, 0.3) is 0 Å². The van der Waals surface area contributed by atoms with Crippen molar-refractivity contribution in [2.24, 2.45) is 0 Å². The van der Waals surface area contributed by atoms with Crippen LogP contribution in [0.15, 0.2) is 42.5 Å². The molecule has 0 saturated heterocycles. The van der Waals surface area contributed by atoms with Crippen LogP contribution in [0.3, 0.4) is 0 Å². The number of hydrogen-bond acceptors (Lipinski definition) is 3. The lowest BCUT2D eigenvalue weighted by Crippen LogP contribution is -2.50. The quantitative estimate of drug-likeness (QED) is 0.598. The summed E-state index contributed by atoms with van der Waals surface area (Å²) in [5, 5.41) is 4.09. The number of carbonyl (C=O) groups is 2. The molecule has 2 aromatic carbocycles. The highest BCUT2D eigenvalue weighted by Gasteiger charge is 2.29. The van der Waals surface area contributed by atoms with Crippen LogP contribution in [0.2, 0.25) is 10.0 Å². The molecule has 1 fully saturated rings. The first-order chi connectivity index (χ1) is 14.9. The van der Waals surface area contributed by atoms with Crippen molar-refractivity contribution in [2.75, 3.05) is 7.11 Å². The smallest absolute Gasteiger partial charge is 0.242 e. The number of nitrogens with one attached hydrogen (secondary N) is 1. The molecule has 0 bridgehead atoms. The number of hydrogen-bond donors (Lipinski definition) is 1. The van der Waals surface area contributed by atoms with Crippen LogP contribution in [-0.2, 0) is 22.6 Å². The minimum Gasteiger partial charge on any atom is -0.497 e. The maximum atomic E-state index is 13.3. The third-order valence-corrected chi connectivity index (χ3v) is 6.33. The molecule has 31 heavy (non-hydrogen) atoms. The Morgan fingerprint density at radius 2 is 1.81 bits per heavy atom. The van der Waals surface area contributed by atoms with Gasteiger partial charge in [-0.05, 0) is 55.2 Å². The Morgan fingerprint density at radius 3 is 2.42 bits per heavy atom. The largest absolute Gasteiger partial charge is 0.497 e. The van der Waals surface area contributed by atoms with Crippen molar-refractivity contribution < 1.29 is 14.3 Å². The van der Waals surface area contributed by atoms with E-state index >= 15 is 0 Å². The van der Waals surface area contributed by atoms with E-state index < -0.39 is 6.04 Å². The van der Waals surface area contributed by atoms with Crippen LogP contribution in [0.5, 0.6) is 5.75 Å². The molecule has 0 aromatic heterocycles. The van der Waals surface area contributed by atoms with Gasteiger partial charge in [-0.3, -0.25) is 9.59 Å². The van der Waals surface area contributed by atoms with Gasteiger partial charge >= 0.3 is 0 Å². The van der Waals surface area contributed by atoms with Crippen molar-refractivity contribution in [1.29, 1.82) is 0 Å². The summed E-state index contributed by atoms with van der Waals surface area (Å²) in [5.41, 5.74) is 1.59. The zero-order valence-electron chi connectivity index (χ0n) is 17.9. The van der Waals surface area contributed by atoms with E-state index in [1.807, 2.05) is 24.3 Å². The Labute approximate surface area is 193 Å². The minimum absolute atomic E-state index is 0.139. The maximum Gasteiger partial charge on any atom is 0.242 e.